The number of carbonyl (C=O) groups is 1. The summed E-state index contributed by atoms with van der Waals surface area (Å²) in [6, 6.07) is 8.48. The lowest BCUT2D eigenvalue weighted by atomic mass is 10.1. The Morgan fingerprint density at radius 2 is 2.00 bits per heavy atom. The number of anilines is 1. The summed E-state index contributed by atoms with van der Waals surface area (Å²) in [4.78, 5) is 16.2. The maximum atomic E-state index is 13.8. The minimum absolute atomic E-state index is 0.0346. The van der Waals surface area contributed by atoms with Crippen molar-refractivity contribution in [2.75, 3.05) is 19.0 Å². The summed E-state index contributed by atoms with van der Waals surface area (Å²) in [7, 11) is 1.52. The molecule has 1 amide bonds. The first-order valence-corrected chi connectivity index (χ1v) is 8.82. The van der Waals surface area contributed by atoms with Gasteiger partial charge in [0.2, 0.25) is 0 Å². The number of aryl methyl sites for hydroxylation is 1. The van der Waals surface area contributed by atoms with E-state index in [1.165, 1.54) is 12.5 Å². The van der Waals surface area contributed by atoms with Gasteiger partial charge in [-0.1, -0.05) is 6.07 Å². The molecule has 0 aliphatic heterocycles. The number of aromatic nitrogens is 1. The maximum absolute atomic E-state index is 13.8. The van der Waals surface area contributed by atoms with Crippen molar-refractivity contribution in [2.45, 2.75) is 6.92 Å². The number of nitrogens with zero attached hydrogens (tertiary/aromatic N) is 1. The molecule has 5 nitrogen and oxygen atoms in total. The van der Waals surface area contributed by atoms with Crippen LogP contribution in [0.3, 0.4) is 0 Å². The van der Waals surface area contributed by atoms with Crippen molar-refractivity contribution in [3.8, 4) is 22.8 Å². The van der Waals surface area contributed by atoms with Crippen molar-refractivity contribution >= 4 is 22.4 Å². The van der Waals surface area contributed by atoms with Gasteiger partial charge in [-0.15, -0.1) is 11.3 Å². The summed E-state index contributed by atoms with van der Waals surface area (Å²) < 4.78 is 37.8. The summed E-state index contributed by atoms with van der Waals surface area (Å²) >= 11 is 1.11. The molecule has 2 aromatic carbocycles. The molecule has 27 heavy (non-hydrogen) atoms. The van der Waals surface area contributed by atoms with Crippen LogP contribution >= 0.6 is 11.3 Å². The first-order valence-electron chi connectivity index (χ1n) is 7.94. The van der Waals surface area contributed by atoms with Crippen LogP contribution in [0.15, 0.2) is 41.8 Å². The van der Waals surface area contributed by atoms with Gasteiger partial charge in [-0.25, -0.2) is 13.8 Å². The summed E-state index contributed by atoms with van der Waals surface area (Å²) in [6.07, 6.45) is 0. The Morgan fingerprint density at radius 3 is 2.78 bits per heavy atom. The van der Waals surface area contributed by atoms with Crippen molar-refractivity contribution in [1.29, 1.82) is 0 Å². The lowest BCUT2D eigenvalue weighted by Gasteiger charge is -2.10. The molecule has 1 heterocycles. The van der Waals surface area contributed by atoms with Gasteiger partial charge in [0, 0.05) is 10.9 Å². The van der Waals surface area contributed by atoms with Gasteiger partial charge in [-0.05, 0) is 42.8 Å². The molecular formula is C19H16F2N2O3S. The fraction of sp³-hybridized carbons (Fsp3) is 0.158. The molecule has 0 bridgehead atoms. The topological polar surface area (TPSA) is 60.5 Å². The third kappa shape index (κ3) is 4.59. The van der Waals surface area contributed by atoms with Gasteiger partial charge in [0.05, 0.1) is 12.8 Å². The first kappa shape index (κ1) is 18.8. The van der Waals surface area contributed by atoms with Gasteiger partial charge < -0.3 is 9.47 Å². The fourth-order valence-corrected chi connectivity index (χ4v) is 3.07. The minimum atomic E-state index is -0.589. The number of hydrogen-bond donors (Lipinski definition) is 1. The number of thiazole rings is 1. The molecule has 0 aliphatic carbocycles. The second-order valence-electron chi connectivity index (χ2n) is 5.65. The van der Waals surface area contributed by atoms with Gasteiger partial charge in [-0.2, -0.15) is 0 Å². The van der Waals surface area contributed by atoms with E-state index in [2.05, 4.69) is 10.3 Å². The zero-order valence-electron chi connectivity index (χ0n) is 14.6. The van der Waals surface area contributed by atoms with Crippen LogP contribution in [-0.2, 0) is 4.79 Å². The SMILES string of the molecule is COc1cc(C)ccc1OCC(=O)Nc1nc(-c2cc(F)ccc2F)cs1. The third-order valence-corrected chi connectivity index (χ3v) is 4.39. The third-order valence-electron chi connectivity index (χ3n) is 3.63. The maximum Gasteiger partial charge on any atom is 0.264 e. The molecule has 3 rings (SSSR count). The molecule has 0 unspecified atom stereocenters. The normalized spacial score (nSPS) is 10.5. The van der Waals surface area contributed by atoms with Crippen LogP contribution in [-0.4, -0.2) is 24.6 Å². The molecule has 8 heteroatoms. The number of rotatable bonds is 6. The first-order chi connectivity index (χ1) is 13.0. The second-order valence-corrected chi connectivity index (χ2v) is 6.51. The number of nitrogens with one attached hydrogen (secondary N) is 1. The molecular weight excluding hydrogens is 374 g/mol. The second kappa shape index (κ2) is 8.13. The number of methoxy groups -OCH3 is 1. The standard InChI is InChI=1S/C19H16F2N2O3S/c1-11-3-6-16(17(7-11)25-2)26-9-18(24)23-19-22-15(10-27-19)13-8-12(20)4-5-14(13)21/h3-8,10H,9H2,1-2H3,(H,22,23,24). The van der Waals surface area contributed by atoms with E-state index in [9.17, 15) is 13.6 Å². The van der Waals surface area contributed by atoms with Gasteiger partial charge in [0.1, 0.15) is 11.6 Å². The zero-order chi connectivity index (χ0) is 19.4. The number of amides is 1. The van der Waals surface area contributed by atoms with E-state index in [1.807, 2.05) is 13.0 Å². The highest BCUT2D eigenvalue weighted by atomic mass is 32.1. The molecule has 0 saturated heterocycles. The van der Waals surface area contributed by atoms with E-state index in [1.54, 1.807) is 12.1 Å². The molecule has 0 aliphatic rings. The van der Waals surface area contributed by atoms with Crippen molar-refractivity contribution < 1.29 is 23.0 Å². The highest BCUT2D eigenvalue weighted by Crippen LogP contribution is 2.29. The Bertz CT molecular complexity index is 975. The molecule has 1 aromatic heterocycles. The van der Waals surface area contributed by atoms with Crippen molar-refractivity contribution in [3.05, 3.63) is 59.0 Å². The molecule has 1 N–H and O–H groups in total. The summed E-state index contributed by atoms with van der Waals surface area (Å²) in [5.74, 6) is -0.612. The van der Waals surface area contributed by atoms with Crippen molar-refractivity contribution in [2.24, 2.45) is 0 Å². The fourth-order valence-electron chi connectivity index (χ4n) is 2.34. The average molecular weight is 390 g/mol. The van der Waals surface area contributed by atoms with Crippen LogP contribution in [0.5, 0.6) is 11.5 Å². The van der Waals surface area contributed by atoms with Crippen LogP contribution in [0.1, 0.15) is 5.56 Å². The number of benzene rings is 2. The Labute approximate surface area is 158 Å². The molecule has 0 spiro atoms. The Balaban J connectivity index is 1.64. The number of hydrogen-bond acceptors (Lipinski definition) is 5. The van der Waals surface area contributed by atoms with Gasteiger partial charge in [0.25, 0.3) is 5.91 Å². The predicted molar refractivity (Wildman–Crippen MR) is 99.3 cm³/mol. The Hall–Kier alpha value is -3.00. The minimum Gasteiger partial charge on any atom is -0.493 e. The zero-order valence-corrected chi connectivity index (χ0v) is 15.4. The quantitative estimate of drug-likeness (QED) is 0.677. The van der Waals surface area contributed by atoms with E-state index >= 15 is 0 Å². The summed E-state index contributed by atoms with van der Waals surface area (Å²) in [5, 5.41) is 4.37. The lowest BCUT2D eigenvalue weighted by Crippen LogP contribution is -2.20. The van der Waals surface area contributed by atoms with Crippen molar-refractivity contribution in [1.82, 2.24) is 4.98 Å². The van der Waals surface area contributed by atoms with E-state index in [-0.39, 0.29) is 23.0 Å². The van der Waals surface area contributed by atoms with Gasteiger partial charge in [0.15, 0.2) is 23.2 Å². The Kier molecular flexibility index (Phi) is 5.66. The molecule has 0 radical (unpaired) electrons. The highest BCUT2D eigenvalue weighted by Gasteiger charge is 2.13. The number of halogens is 2. The summed E-state index contributed by atoms with van der Waals surface area (Å²) in [6.45, 7) is 1.67. The number of ether oxygens (including phenoxy) is 2. The highest BCUT2D eigenvalue weighted by molar-refractivity contribution is 7.14. The van der Waals surface area contributed by atoms with E-state index < -0.39 is 17.5 Å². The van der Waals surface area contributed by atoms with E-state index in [4.69, 9.17) is 9.47 Å². The molecule has 3 aromatic rings. The molecule has 0 atom stereocenters. The lowest BCUT2D eigenvalue weighted by molar-refractivity contribution is -0.118. The van der Waals surface area contributed by atoms with Crippen LogP contribution in [0.4, 0.5) is 13.9 Å². The van der Waals surface area contributed by atoms with Crippen LogP contribution in [0.25, 0.3) is 11.3 Å². The van der Waals surface area contributed by atoms with Gasteiger partial charge in [-0.3, -0.25) is 10.1 Å². The predicted octanol–water partition coefficient (Wildman–Crippen LogP) is 4.42. The monoisotopic (exact) mass is 390 g/mol. The van der Waals surface area contributed by atoms with E-state index in [0.29, 0.717) is 11.5 Å². The van der Waals surface area contributed by atoms with Gasteiger partial charge >= 0.3 is 0 Å². The Morgan fingerprint density at radius 1 is 1.19 bits per heavy atom. The number of carbonyl (C=O) groups excluding carboxylic acids is 1. The molecule has 140 valence electrons. The smallest absolute Gasteiger partial charge is 0.264 e. The van der Waals surface area contributed by atoms with Crippen molar-refractivity contribution in [3.63, 3.8) is 0 Å². The van der Waals surface area contributed by atoms with E-state index in [0.717, 1.165) is 35.1 Å². The van der Waals surface area contributed by atoms with Crippen LogP contribution in [0, 0.1) is 18.6 Å². The molecule has 0 saturated carbocycles. The average Bonchev–Trinajstić information content (AvgIpc) is 3.10. The van der Waals surface area contributed by atoms with Crippen LogP contribution < -0.4 is 14.8 Å². The molecule has 0 fully saturated rings. The summed E-state index contributed by atoms with van der Waals surface area (Å²) in [5.41, 5.74) is 1.28. The van der Waals surface area contributed by atoms with Crippen LogP contribution in [0.2, 0.25) is 0 Å². The largest absolute Gasteiger partial charge is 0.493 e.